The van der Waals surface area contributed by atoms with Crippen LogP contribution in [0.2, 0.25) is 0 Å². The highest BCUT2D eigenvalue weighted by Crippen LogP contribution is 2.52. The second-order valence-electron chi connectivity index (χ2n) is 24.1. The fourth-order valence-corrected chi connectivity index (χ4v) is 14.2. The van der Waals surface area contributed by atoms with Gasteiger partial charge in [0.2, 0.25) is 0 Å². The zero-order valence-corrected chi connectivity index (χ0v) is 44.6. The second-order valence-corrected chi connectivity index (χ2v) is 24.1. The largest absolute Gasteiger partial charge is 0.309 e. The van der Waals surface area contributed by atoms with Crippen molar-refractivity contribution in [2.45, 2.75) is 52.4 Å². The number of hydrogen-bond donors (Lipinski definition) is 0. The lowest BCUT2D eigenvalue weighted by Crippen LogP contribution is -2.10. The average Bonchev–Trinajstić information content (AvgIpc) is 3.99. The Hall–Kier alpha value is -9.38. The van der Waals surface area contributed by atoms with Gasteiger partial charge in [-0.25, -0.2) is 0 Å². The highest BCUT2D eigenvalue weighted by molar-refractivity contribution is 6.33. The summed E-state index contributed by atoms with van der Waals surface area (Å²) >= 11 is 0. The van der Waals surface area contributed by atoms with Crippen molar-refractivity contribution in [2.24, 2.45) is 0 Å². The van der Waals surface area contributed by atoms with E-state index >= 15 is 0 Å². The van der Waals surface area contributed by atoms with Crippen molar-refractivity contribution in [3.05, 3.63) is 230 Å². The van der Waals surface area contributed by atoms with Gasteiger partial charge >= 0.3 is 0 Å². The standard InChI is InChI=1S/C74H54N4/c1-73(2,3)43-31-37-61-57(39-43)69-49(47-25-17-29-63-67(47)53-23-13-15-27-59(53)75(63)45-19-9-7-10-20-45)33-35-51-55-42-66-56(41-65(55)77(61)71(51)69)52-36-34-50(70-58-40-44(74(4,5)6)32-38-62(58)78(66)72(52)70)48-26-18-30-64-68(48)54-24-14-16-28-60(54)76(64)46-21-11-8-12-22-46/h7-42H,1-6H3. The Bertz CT molecular complexity index is 5040. The molecule has 0 saturated carbocycles. The molecular weight excluding hydrogens is 945 g/mol. The van der Waals surface area contributed by atoms with Gasteiger partial charge < -0.3 is 17.9 Å². The van der Waals surface area contributed by atoms with Gasteiger partial charge in [-0.05, 0) is 129 Å². The minimum atomic E-state index is -0.0295. The molecule has 0 N–H and O–H groups in total. The van der Waals surface area contributed by atoms with E-state index in [0.29, 0.717) is 0 Å². The van der Waals surface area contributed by atoms with Crippen molar-refractivity contribution < 1.29 is 0 Å². The molecule has 0 atom stereocenters. The Labute approximate surface area is 450 Å². The molecule has 17 aromatic rings. The first-order valence-corrected chi connectivity index (χ1v) is 27.6. The summed E-state index contributed by atoms with van der Waals surface area (Å²) in [7, 11) is 0. The summed E-state index contributed by atoms with van der Waals surface area (Å²) in [5, 5.41) is 15.4. The molecule has 6 aromatic heterocycles. The van der Waals surface area contributed by atoms with Crippen molar-refractivity contribution in [1.82, 2.24) is 17.9 Å². The van der Waals surface area contributed by atoms with Crippen LogP contribution in [0.4, 0.5) is 0 Å². The topological polar surface area (TPSA) is 18.7 Å². The van der Waals surface area contributed by atoms with Gasteiger partial charge in [-0.3, -0.25) is 0 Å². The summed E-state index contributed by atoms with van der Waals surface area (Å²) in [6.07, 6.45) is 0. The number of nitrogens with zero attached hydrogens (tertiary/aromatic N) is 4. The van der Waals surface area contributed by atoms with Crippen LogP contribution in [-0.2, 0) is 10.8 Å². The summed E-state index contributed by atoms with van der Waals surface area (Å²) < 4.78 is 10.1. The third-order valence-corrected chi connectivity index (χ3v) is 17.7. The molecule has 4 heteroatoms. The van der Waals surface area contributed by atoms with Crippen molar-refractivity contribution in [3.8, 4) is 33.6 Å². The van der Waals surface area contributed by atoms with Crippen molar-refractivity contribution in [2.75, 3.05) is 0 Å². The van der Waals surface area contributed by atoms with E-state index in [1.54, 1.807) is 0 Å². The van der Waals surface area contributed by atoms with Crippen LogP contribution >= 0.6 is 0 Å². The van der Waals surface area contributed by atoms with Crippen LogP contribution in [0.1, 0.15) is 52.7 Å². The quantitative estimate of drug-likeness (QED) is 0.167. The lowest BCUT2D eigenvalue weighted by Gasteiger charge is -2.19. The summed E-state index contributed by atoms with van der Waals surface area (Å²) in [6, 6.07) is 82.7. The third-order valence-electron chi connectivity index (χ3n) is 17.7. The van der Waals surface area contributed by atoms with Crippen LogP contribution in [0.15, 0.2) is 218 Å². The summed E-state index contributed by atoms with van der Waals surface area (Å²) in [4.78, 5) is 0. The molecule has 6 heterocycles. The van der Waals surface area contributed by atoms with Crippen LogP contribution in [-0.4, -0.2) is 17.9 Å². The number of aromatic nitrogens is 4. The van der Waals surface area contributed by atoms with Gasteiger partial charge in [-0.2, -0.15) is 0 Å². The fourth-order valence-electron chi connectivity index (χ4n) is 14.2. The van der Waals surface area contributed by atoms with E-state index in [1.807, 2.05) is 0 Å². The maximum Gasteiger partial charge on any atom is 0.0626 e. The van der Waals surface area contributed by atoms with Gasteiger partial charge in [0.15, 0.2) is 0 Å². The van der Waals surface area contributed by atoms with Crippen LogP contribution in [0.3, 0.4) is 0 Å². The van der Waals surface area contributed by atoms with Gasteiger partial charge in [0.25, 0.3) is 0 Å². The highest BCUT2D eigenvalue weighted by Gasteiger charge is 2.29. The Kier molecular flexibility index (Phi) is 8.53. The van der Waals surface area contributed by atoms with E-state index in [1.165, 1.54) is 165 Å². The van der Waals surface area contributed by atoms with Crippen molar-refractivity contribution in [3.63, 3.8) is 0 Å². The Morgan fingerprint density at radius 2 is 0.628 bits per heavy atom. The minimum absolute atomic E-state index is 0.0295. The number of hydrogen-bond acceptors (Lipinski definition) is 0. The molecule has 78 heavy (non-hydrogen) atoms. The predicted octanol–water partition coefficient (Wildman–Crippen LogP) is 20.1. The molecule has 0 amide bonds. The molecule has 0 aliphatic carbocycles. The Morgan fingerprint density at radius 3 is 1.05 bits per heavy atom. The molecule has 11 aromatic carbocycles. The first-order valence-electron chi connectivity index (χ1n) is 27.6. The summed E-state index contributed by atoms with van der Waals surface area (Å²) in [5.41, 5.74) is 22.4. The molecule has 0 bridgehead atoms. The van der Waals surface area contributed by atoms with E-state index in [2.05, 4.69) is 278 Å². The first-order chi connectivity index (χ1) is 38.0. The second kappa shape index (κ2) is 15.2. The number of para-hydroxylation sites is 4. The van der Waals surface area contributed by atoms with E-state index in [9.17, 15) is 0 Å². The SMILES string of the molecule is CC(C)(C)c1ccc2c(c1)c1c(-c3cccc4c3c3ccccc3n4-c3ccccc3)ccc3c4cc5c(cc4n2c31)c1ccc(-c2cccc3c2c2ccccc2n3-c2ccccc2)c2c3cc(C(C)(C)C)ccc3n5c12. The number of rotatable bonds is 4. The molecule has 0 saturated heterocycles. The van der Waals surface area contributed by atoms with Gasteiger partial charge in [0.05, 0.1) is 55.2 Å². The number of fused-ring (bicyclic) bond motifs is 18. The van der Waals surface area contributed by atoms with E-state index < -0.39 is 0 Å². The van der Waals surface area contributed by atoms with Gasteiger partial charge in [0, 0.05) is 76.0 Å². The lowest BCUT2D eigenvalue weighted by molar-refractivity contribution is 0.591. The lowest BCUT2D eigenvalue weighted by atomic mass is 9.85. The van der Waals surface area contributed by atoms with Crippen LogP contribution in [0, 0.1) is 0 Å². The fraction of sp³-hybridized carbons (Fsp3) is 0.108. The van der Waals surface area contributed by atoms with Gasteiger partial charge in [-0.1, -0.05) is 175 Å². The van der Waals surface area contributed by atoms with Crippen LogP contribution in [0.25, 0.3) is 153 Å². The average molecular weight is 999 g/mol. The maximum absolute atomic E-state index is 2.61. The van der Waals surface area contributed by atoms with Gasteiger partial charge in [0.1, 0.15) is 0 Å². The smallest absolute Gasteiger partial charge is 0.0626 e. The van der Waals surface area contributed by atoms with Crippen molar-refractivity contribution in [1.29, 1.82) is 0 Å². The normalized spacial score (nSPS) is 13.0. The van der Waals surface area contributed by atoms with Gasteiger partial charge in [-0.15, -0.1) is 0 Å². The maximum atomic E-state index is 2.61. The third kappa shape index (κ3) is 5.69. The van der Waals surface area contributed by atoms with E-state index in [0.717, 1.165) is 0 Å². The molecule has 0 aliphatic rings. The van der Waals surface area contributed by atoms with E-state index in [-0.39, 0.29) is 10.8 Å². The summed E-state index contributed by atoms with van der Waals surface area (Å²) in [6.45, 7) is 14.0. The zero-order valence-electron chi connectivity index (χ0n) is 44.6. The minimum Gasteiger partial charge on any atom is -0.309 e. The number of benzene rings is 11. The molecule has 0 radical (unpaired) electrons. The Morgan fingerprint density at radius 1 is 0.244 bits per heavy atom. The Balaban J connectivity index is 0.981. The van der Waals surface area contributed by atoms with E-state index in [4.69, 9.17) is 0 Å². The molecular formula is C74H54N4. The molecule has 0 aliphatic heterocycles. The van der Waals surface area contributed by atoms with Crippen LogP contribution < -0.4 is 0 Å². The molecule has 370 valence electrons. The monoisotopic (exact) mass is 998 g/mol. The first kappa shape index (κ1) is 43.8. The molecule has 0 unspecified atom stereocenters. The summed E-state index contributed by atoms with van der Waals surface area (Å²) in [5.74, 6) is 0. The molecule has 0 fully saturated rings. The zero-order chi connectivity index (χ0) is 52.1. The van der Waals surface area contributed by atoms with Crippen LogP contribution in [0.5, 0.6) is 0 Å². The molecule has 4 nitrogen and oxygen atoms in total. The highest BCUT2D eigenvalue weighted by atomic mass is 15.0. The molecule has 17 rings (SSSR count). The predicted molar refractivity (Wildman–Crippen MR) is 333 cm³/mol. The van der Waals surface area contributed by atoms with Crippen molar-refractivity contribution >= 4 is 120 Å². The molecule has 0 spiro atoms.